The van der Waals surface area contributed by atoms with Crippen LogP contribution in [0.5, 0.6) is 5.75 Å². The molecule has 1 rings (SSSR count). The highest BCUT2D eigenvalue weighted by Gasteiger charge is 2.04. The normalized spacial score (nSPS) is 8.29. The van der Waals surface area contributed by atoms with Crippen LogP contribution in [0.2, 0.25) is 0 Å². The number of rotatable bonds is 3. The summed E-state index contributed by atoms with van der Waals surface area (Å²) in [6.45, 7) is 0. The maximum atomic E-state index is 10.6. The number of ether oxygens (including phenoxy) is 1. The zero-order valence-electron chi connectivity index (χ0n) is 8.57. The molecule has 0 saturated carbocycles. The molecule has 0 spiro atoms. The van der Waals surface area contributed by atoms with E-state index in [1.54, 1.807) is 32.4 Å². The van der Waals surface area contributed by atoms with Crippen molar-refractivity contribution in [3.8, 4) is 5.75 Å². The number of methoxy groups -OCH3 is 1. The van der Waals surface area contributed by atoms with Crippen molar-refractivity contribution in [2.75, 3.05) is 26.6 Å². The summed E-state index contributed by atoms with van der Waals surface area (Å²) >= 11 is 0. The van der Waals surface area contributed by atoms with E-state index in [1.807, 2.05) is 0 Å². The van der Waals surface area contributed by atoms with Gasteiger partial charge in [0.25, 0.3) is 0 Å². The van der Waals surface area contributed by atoms with Crippen molar-refractivity contribution >= 4 is 12.0 Å². The SMILES string of the molecule is CNc1c(C=O)cccc1OC.CO. The van der Waals surface area contributed by atoms with Crippen LogP contribution in [0, 0.1) is 0 Å². The summed E-state index contributed by atoms with van der Waals surface area (Å²) in [7, 11) is 4.33. The number of benzene rings is 1. The molecule has 2 N–H and O–H groups in total. The Kier molecular flexibility index (Phi) is 6.15. The second-order valence-corrected chi connectivity index (χ2v) is 2.29. The van der Waals surface area contributed by atoms with Gasteiger partial charge in [0, 0.05) is 19.7 Å². The molecule has 14 heavy (non-hydrogen) atoms. The van der Waals surface area contributed by atoms with E-state index in [0.717, 1.165) is 19.1 Å². The molecule has 0 aliphatic heterocycles. The molecule has 0 bridgehead atoms. The zero-order chi connectivity index (χ0) is 11.0. The molecule has 0 amide bonds. The van der Waals surface area contributed by atoms with Gasteiger partial charge < -0.3 is 15.2 Å². The van der Waals surface area contributed by atoms with E-state index in [2.05, 4.69) is 5.32 Å². The molecular formula is C10H15NO3. The fraction of sp³-hybridized carbons (Fsp3) is 0.300. The molecule has 0 unspecified atom stereocenters. The summed E-state index contributed by atoms with van der Waals surface area (Å²) in [6.07, 6.45) is 0.800. The lowest BCUT2D eigenvalue weighted by molar-refractivity contribution is 0.112. The fourth-order valence-corrected chi connectivity index (χ4v) is 1.08. The van der Waals surface area contributed by atoms with Crippen molar-refractivity contribution in [2.45, 2.75) is 0 Å². The van der Waals surface area contributed by atoms with Gasteiger partial charge in [0.2, 0.25) is 0 Å². The van der Waals surface area contributed by atoms with Crippen molar-refractivity contribution in [3.63, 3.8) is 0 Å². The molecule has 4 heteroatoms. The zero-order valence-corrected chi connectivity index (χ0v) is 8.57. The van der Waals surface area contributed by atoms with Crippen LogP contribution < -0.4 is 10.1 Å². The number of nitrogens with one attached hydrogen (secondary N) is 1. The third kappa shape index (κ3) is 2.74. The first-order valence-electron chi connectivity index (χ1n) is 4.08. The van der Waals surface area contributed by atoms with E-state index in [9.17, 15) is 4.79 Å². The van der Waals surface area contributed by atoms with Crippen molar-refractivity contribution in [2.24, 2.45) is 0 Å². The molecule has 1 aromatic carbocycles. The molecule has 0 atom stereocenters. The number of para-hydroxylation sites is 1. The quantitative estimate of drug-likeness (QED) is 0.714. The van der Waals surface area contributed by atoms with Gasteiger partial charge in [0.05, 0.1) is 12.8 Å². The highest BCUT2D eigenvalue weighted by Crippen LogP contribution is 2.26. The van der Waals surface area contributed by atoms with Gasteiger partial charge in [-0.25, -0.2) is 0 Å². The number of anilines is 1. The first-order chi connectivity index (χ1) is 6.83. The van der Waals surface area contributed by atoms with Crippen LogP contribution in [0.4, 0.5) is 5.69 Å². The maximum Gasteiger partial charge on any atom is 0.152 e. The first-order valence-corrected chi connectivity index (χ1v) is 4.08. The lowest BCUT2D eigenvalue weighted by atomic mass is 10.2. The Morgan fingerprint density at radius 1 is 1.43 bits per heavy atom. The number of aldehydes is 1. The Morgan fingerprint density at radius 2 is 2.07 bits per heavy atom. The van der Waals surface area contributed by atoms with Crippen molar-refractivity contribution in [1.82, 2.24) is 0 Å². The molecule has 0 fully saturated rings. The van der Waals surface area contributed by atoms with Crippen molar-refractivity contribution < 1.29 is 14.6 Å². The highest BCUT2D eigenvalue weighted by molar-refractivity contribution is 5.86. The Labute approximate surface area is 83.5 Å². The predicted molar refractivity (Wildman–Crippen MR) is 56.1 cm³/mol. The van der Waals surface area contributed by atoms with Gasteiger partial charge in [-0.05, 0) is 12.1 Å². The maximum absolute atomic E-state index is 10.6. The fourth-order valence-electron chi connectivity index (χ4n) is 1.08. The lowest BCUT2D eigenvalue weighted by Gasteiger charge is -2.08. The van der Waals surface area contributed by atoms with Gasteiger partial charge in [-0.3, -0.25) is 4.79 Å². The summed E-state index contributed by atoms with van der Waals surface area (Å²) in [4.78, 5) is 10.6. The van der Waals surface area contributed by atoms with Crippen LogP contribution in [0.1, 0.15) is 10.4 Å². The summed E-state index contributed by atoms with van der Waals surface area (Å²) in [5.74, 6) is 0.683. The smallest absolute Gasteiger partial charge is 0.152 e. The molecule has 0 saturated heterocycles. The van der Waals surface area contributed by atoms with Crippen LogP contribution in [0.25, 0.3) is 0 Å². The third-order valence-electron chi connectivity index (χ3n) is 1.66. The lowest BCUT2D eigenvalue weighted by Crippen LogP contribution is -1.97. The van der Waals surface area contributed by atoms with Crippen LogP contribution in [-0.2, 0) is 0 Å². The largest absolute Gasteiger partial charge is 0.495 e. The Bertz CT molecular complexity index is 287. The number of aliphatic hydroxyl groups excluding tert-OH is 1. The van der Waals surface area contributed by atoms with E-state index < -0.39 is 0 Å². The van der Waals surface area contributed by atoms with Gasteiger partial charge in [-0.15, -0.1) is 0 Å². The van der Waals surface area contributed by atoms with Crippen LogP contribution in [-0.4, -0.2) is 32.7 Å². The van der Waals surface area contributed by atoms with Crippen LogP contribution >= 0.6 is 0 Å². The minimum atomic E-state index is 0.608. The average Bonchev–Trinajstić information content (AvgIpc) is 2.30. The number of carbonyl (C=O) groups is 1. The molecular weight excluding hydrogens is 182 g/mol. The second kappa shape index (κ2) is 6.91. The van der Waals surface area contributed by atoms with Gasteiger partial charge in [-0.1, -0.05) is 6.07 Å². The number of aliphatic hydroxyl groups is 1. The highest BCUT2D eigenvalue weighted by atomic mass is 16.5. The summed E-state index contributed by atoms with van der Waals surface area (Å²) < 4.78 is 5.06. The number of hydrogen-bond donors (Lipinski definition) is 2. The van der Waals surface area contributed by atoms with Crippen LogP contribution in [0.3, 0.4) is 0 Å². The van der Waals surface area contributed by atoms with Crippen molar-refractivity contribution in [1.29, 1.82) is 0 Å². The summed E-state index contributed by atoms with van der Waals surface area (Å²) in [6, 6.07) is 5.32. The third-order valence-corrected chi connectivity index (χ3v) is 1.66. The number of carbonyl (C=O) groups excluding carboxylic acids is 1. The Balaban J connectivity index is 0.000000791. The minimum absolute atomic E-state index is 0.608. The minimum Gasteiger partial charge on any atom is -0.495 e. The molecule has 0 aliphatic rings. The van der Waals surface area contributed by atoms with Gasteiger partial charge in [0.1, 0.15) is 5.75 Å². The van der Waals surface area contributed by atoms with E-state index in [-0.39, 0.29) is 0 Å². The van der Waals surface area contributed by atoms with E-state index in [4.69, 9.17) is 9.84 Å². The topological polar surface area (TPSA) is 58.6 Å². The van der Waals surface area contributed by atoms with Crippen LogP contribution in [0.15, 0.2) is 18.2 Å². The monoisotopic (exact) mass is 197 g/mol. The molecule has 0 aromatic heterocycles. The van der Waals surface area contributed by atoms with E-state index in [1.165, 1.54) is 0 Å². The average molecular weight is 197 g/mol. The molecule has 0 radical (unpaired) electrons. The predicted octanol–water partition coefficient (Wildman–Crippen LogP) is 1.16. The Hall–Kier alpha value is -1.55. The standard InChI is InChI=1S/C9H11NO2.CH4O/c1-10-9-7(6-11)4-3-5-8(9)12-2;1-2/h3-6,10H,1-2H3;2H,1H3. The summed E-state index contributed by atoms with van der Waals surface area (Å²) in [5, 5.41) is 9.91. The first kappa shape index (κ1) is 12.4. The van der Waals surface area contributed by atoms with Crippen molar-refractivity contribution in [3.05, 3.63) is 23.8 Å². The van der Waals surface area contributed by atoms with Gasteiger partial charge >= 0.3 is 0 Å². The second-order valence-electron chi connectivity index (χ2n) is 2.29. The molecule has 78 valence electrons. The molecule has 4 nitrogen and oxygen atoms in total. The van der Waals surface area contributed by atoms with E-state index in [0.29, 0.717) is 11.3 Å². The Morgan fingerprint density at radius 3 is 2.50 bits per heavy atom. The van der Waals surface area contributed by atoms with Gasteiger partial charge in [0.15, 0.2) is 6.29 Å². The number of hydrogen-bond acceptors (Lipinski definition) is 4. The molecule has 0 aliphatic carbocycles. The van der Waals surface area contributed by atoms with Gasteiger partial charge in [-0.2, -0.15) is 0 Å². The molecule has 0 heterocycles. The summed E-state index contributed by atoms with van der Waals surface area (Å²) in [5.41, 5.74) is 1.34. The molecule has 1 aromatic rings. The van der Waals surface area contributed by atoms with E-state index >= 15 is 0 Å².